The molecular weight excluding hydrogens is 815 g/mol. The van der Waals surface area contributed by atoms with Crippen LogP contribution in [0, 0.1) is 0 Å². The van der Waals surface area contributed by atoms with E-state index in [1.54, 1.807) is 6.08 Å². The summed E-state index contributed by atoms with van der Waals surface area (Å²) in [6.45, 7) is 4.86. The van der Waals surface area contributed by atoms with Gasteiger partial charge in [0.1, 0.15) is 0 Å². The van der Waals surface area contributed by atoms with Crippen LogP contribution in [0.1, 0.15) is 309 Å². The fourth-order valence-electron chi connectivity index (χ4n) is 8.84. The maximum absolute atomic E-state index is 12.4. The van der Waals surface area contributed by atoms with E-state index in [9.17, 15) is 19.8 Å². The van der Waals surface area contributed by atoms with Gasteiger partial charge in [-0.05, 0) is 77.0 Å². The molecule has 2 unspecified atom stereocenters. The van der Waals surface area contributed by atoms with E-state index in [2.05, 4.69) is 43.5 Å². The molecular formula is C60H113NO5. The van der Waals surface area contributed by atoms with Gasteiger partial charge >= 0.3 is 5.97 Å². The Morgan fingerprint density at radius 2 is 0.727 bits per heavy atom. The fourth-order valence-corrected chi connectivity index (χ4v) is 8.84. The van der Waals surface area contributed by atoms with E-state index >= 15 is 0 Å². The maximum atomic E-state index is 12.4. The van der Waals surface area contributed by atoms with Crippen molar-refractivity contribution in [1.29, 1.82) is 0 Å². The number of amides is 1. The third-order valence-electron chi connectivity index (χ3n) is 13.4. The number of hydrogen-bond acceptors (Lipinski definition) is 5. The van der Waals surface area contributed by atoms with Gasteiger partial charge in [0.2, 0.25) is 5.91 Å². The Bertz CT molecular complexity index is 1070. The number of hydrogen-bond donors (Lipinski definition) is 3. The number of rotatable bonds is 54. The van der Waals surface area contributed by atoms with Crippen molar-refractivity contribution in [1.82, 2.24) is 5.32 Å². The summed E-state index contributed by atoms with van der Waals surface area (Å²) < 4.78 is 5.45. The summed E-state index contributed by atoms with van der Waals surface area (Å²) in [5, 5.41) is 23.1. The molecule has 1 amide bonds. The molecule has 3 N–H and O–H groups in total. The second kappa shape index (κ2) is 55.7. The number of aliphatic hydroxyl groups is 2. The number of nitrogens with one attached hydrogen (secondary N) is 1. The Balaban J connectivity index is 3.42. The highest BCUT2D eigenvalue weighted by Crippen LogP contribution is 2.16. The largest absolute Gasteiger partial charge is 0.466 e. The zero-order valence-corrected chi connectivity index (χ0v) is 44.2. The lowest BCUT2D eigenvalue weighted by molar-refractivity contribution is -0.143. The van der Waals surface area contributed by atoms with Gasteiger partial charge in [-0.3, -0.25) is 9.59 Å². The van der Waals surface area contributed by atoms with E-state index in [-0.39, 0.29) is 18.5 Å². The molecule has 0 aromatic heterocycles. The van der Waals surface area contributed by atoms with Gasteiger partial charge < -0.3 is 20.3 Å². The summed E-state index contributed by atoms with van der Waals surface area (Å²) >= 11 is 0. The summed E-state index contributed by atoms with van der Waals surface area (Å²) in [6.07, 6.45) is 68.9. The Kier molecular flexibility index (Phi) is 54.1. The van der Waals surface area contributed by atoms with Crippen LogP contribution >= 0.6 is 0 Å². The van der Waals surface area contributed by atoms with E-state index in [1.807, 2.05) is 6.08 Å². The molecule has 0 rings (SSSR count). The van der Waals surface area contributed by atoms with Crippen LogP contribution in [0.4, 0.5) is 0 Å². The first-order valence-corrected chi connectivity index (χ1v) is 29.3. The van der Waals surface area contributed by atoms with Crippen LogP contribution in [0.15, 0.2) is 36.5 Å². The van der Waals surface area contributed by atoms with Gasteiger partial charge in [0, 0.05) is 12.8 Å². The summed E-state index contributed by atoms with van der Waals surface area (Å²) in [5.74, 6) is -0.0697. The molecule has 0 aliphatic rings. The number of aliphatic hydroxyl groups excluding tert-OH is 2. The zero-order valence-electron chi connectivity index (χ0n) is 44.2. The Morgan fingerprint density at radius 3 is 1.12 bits per heavy atom. The molecule has 0 aromatic rings. The molecule has 0 saturated carbocycles. The molecule has 66 heavy (non-hydrogen) atoms. The third kappa shape index (κ3) is 51.5. The smallest absolute Gasteiger partial charge is 0.305 e. The van der Waals surface area contributed by atoms with Gasteiger partial charge in [-0.15, -0.1) is 0 Å². The van der Waals surface area contributed by atoms with Crippen molar-refractivity contribution in [3.05, 3.63) is 36.5 Å². The quantitative estimate of drug-likeness (QED) is 0.0321. The van der Waals surface area contributed by atoms with Crippen LogP contribution in [0.3, 0.4) is 0 Å². The van der Waals surface area contributed by atoms with Crippen LogP contribution in [0.5, 0.6) is 0 Å². The van der Waals surface area contributed by atoms with Crippen LogP contribution in [-0.2, 0) is 14.3 Å². The van der Waals surface area contributed by atoms with Gasteiger partial charge in [0.15, 0.2) is 0 Å². The zero-order chi connectivity index (χ0) is 47.9. The molecule has 388 valence electrons. The normalized spacial score (nSPS) is 12.8. The van der Waals surface area contributed by atoms with Crippen molar-refractivity contribution < 1.29 is 24.5 Å². The SMILES string of the molecule is CCCC/C=C\CCCCCCCC(=O)OCCCCCCCCCCCCCC/C=C\CCCCCCCCCCCC(=O)NC(CO)C(O)/C=C/CCCCCCCCCCCCC. The molecule has 0 fully saturated rings. The Hall–Kier alpha value is -1.92. The number of unbranched alkanes of at least 4 members (excludes halogenated alkanes) is 39. The Morgan fingerprint density at radius 1 is 0.409 bits per heavy atom. The molecule has 6 heteroatoms. The number of carbonyl (C=O) groups excluding carboxylic acids is 2. The monoisotopic (exact) mass is 928 g/mol. The third-order valence-corrected chi connectivity index (χ3v) is 13.4. The summed E-state index contributed by atoms with van der Waals surface area (Å²) in [4.78, 5) is 24.4. The lowest BCUT2D eigenvalue weighted by atomic mass is 10.0. The molecule has 0 heterocycles. The lowest BCUT2D eigenvalue weighted by Gasteiger charge is -2.20. The van der Waals surface area contributed by atoms with Crippen molar-refractivity contribution in [2.75, 3.05) is 13.2 Å². The molecule has 6 nitrogen and oxygen atoms in total. The predicted molar refractivity (Wildman–Crippen MR) is 287 cm³/mol. The van der Waals surface area contributed by atoms with Gasteiger partial charge in [-0.25, -0.2) is 0 Å². The van der Waals surface area contributed by atoms with Crippen molar-refractivity contribution in [2.45, 2.75) is 321 Å². The number of allylic oxidation sites excluding steroid dienone is 5. The minimum atomic E-state index is -0.845. The second-order valence-corrected chi connectivity index (χ2v) is 20.0. The average molecular weight is 929 g/mol. The summed E-state index contributed by atoms with van der Waals surface area (Å²) in [6, 6.07) is -0.629. The highest BCUT2D eigenvalue weighted by atomic mass is 16.5. The van der Waals surface area contributed by atoms with E-state index < -0.39 is 12.1 Å². The van der Waals surface area contributed by atoms with Crippen LogP contribution in [0.2, 0.25) is 0 Å². The van der Waals surface area contributed by atoms with Crippen molar-refractivity contribution in [3.63, 3.8) is 0 Å². The van der Waals surface area contributed by atoms with E-state index in [0.29, 0.717) is 19.4 Å². The standard InChI is InChI=1S/C60H113NO5/c1-3-5-7-9-11-13-15-29-33-36-40-44-48-52-58(63)57(56-62)61-59(64)53-49-45-41-37-34-30-27-25-23-21-19-17-16-18-20-22-24-26-28-31-35-39-43-47-51-55-66-60(65)54-50-46-42-38-32-14-12-10-8-6-4-2/h10,12,17,19,48,52,57-58,62-63H,3-9,11,13-16,18,20-47,49-51,53-56H2,1-2H3,(H,61,64)/b12-10-,19-17-,52-48+. The van der Waals surface area contributed by atoms with E-state index in [1.165, 1.54) is 238 Å². The van der Waals surface area contributed by atoms with Crippen molar-refractivity contribution in [2.24, 2.45) is 0 Å². The Labute approximate surface area is 411 Å². The van der Waals surface area contributed by atoms with Crippen molar-refractivity contribution >= 4 is 11.9 Å². The maximum Gasteiger partial charge on any atom is 0.305 e. The van der Waals surface area contributed by atoms with E-state index in [0.717, 1.165) is 44.9 Å². The topological polar surface area (TPSA) is 95.9 Å². The van der Waals surface area contributed by atoms with Crippen LogP contribution in [0.25, 0.3) is 0 Å². The van der Waals surface area contributed by atoms with E-state index in [4.69, 9.17) is 4.74 Å². The number of carbonyl (C=O) groups is 2. The lowest BCUT2D eigenvalue weighted by Crippen LogP contribution is -2.45. The number of esters is 1. The minimum absolute atomic E-state index is 0.00153. The molecule has 0 aliphatic carbocycles. The van der Waals surface area contributed by atoms with Crippen LogP contribution < -0.4 is 5.32 Å². The first kappa shape index (κ1) is 64.1. The van der Waals surface area contributed by atoms with Gasteiger partial charge in [0.05, 0.1) is 25.4 Å². The molecule has 0 saturated heterocycles. The van der Waals surface area contributed by atoms with Crippen LogP contribution in [-0.4, -0.2) is 47.4 Å². The molecule has 0 aliphatic heterocycles. The van der Waals surface area contributed by atoms with Gasteiger partial charge in [-0.2, -0.15) is 0 Å². The molecule has 0 radical (unpaired) electrons. The fraction of sp³-hybridized carbons (Fsp3) is 0.867. The minimum Gasteiger partial charge on any atom is -0.466 e. The van der Waals surface area contributed by atoms with Gasteiger partial charge in [-0.1, -0.05) is 256 Å². The molecule has 0 bridgehead atoms. The molecule has 0 aromatic carbocycles. The molecule has 2 atom stereocenters. The van der Waals surface area contributed by atoms with Crippen molar-refractivity contribution in [3.8, 4) is 0 Å². The summed E-state index contributed by atoms with van der Waals surface area (Å²) in [5.41, 5.74) is 0. The summed E-state index contributed by atoms with van der Waals surface area (Å²) in [7, 11) is 0. The first-order chi connectivity index (χ1) is 32.5. The highest BCUT2D eigenvalue weighted by Gasteiger charge is 2.18. The highest BCUT2D eigenvalue weighted by molar-refractivity contribution is 5.76. The predicted octanol–water partition coefficient (Wildman–Crippen LogP) is 18.0. The van der Waals surface area contributed by atoms with Gasteiger partial charge in [0.25, 0.3) is 0 Å². The second-order valence-electron chi connectivity index (χ2n) is 20.0. The first-order valence-electron chi connectivity index (χ1n) is 29.3. The average Bonchev–Trinajstić information content (AvgIpc) is 3.32. The molecule has 0 spiro atoms. The number of ether oxygens (including phenoxy) is 1.